The number of aryl methyl sites for hydroxylation is 2. The van der Waals surface area contributed by atoms with Crippen molar-refractivity contribution in [3.8, 4) is 0 Å². The van der Waals surface area contributed by atoms with Crippen LogP contribution in [-0.4, -0.2) is 35.3 Å². The first kappa shape index (κ1) is 24.6. The predicted molar refractivity (Wildman–Crippen MR) is 145 cm³/mol. The first-order valence-corrected chi connectivity index (χ1v) is 12.8. The SMILES string of the molecule is CC(C)N(C(=O)CN1C(=O)NC(C)(c2ccc3c(c2)CCC3)C1=O)c1ccc(Nc2ccccc2)cc1. The molecule has 0 radical (unpaired) electrons. The highest BCUT2D eigenvalue weighted by molar-refractivity contribution is 6.10. The number of rotatable bonds is 7. The number of imide groups is 1. The van der Waals surface area contributed by atoms with E-state index in [0.717, 1.165) is 41.1 Å². The Labute approximate surface area is 217 Å². The van der Waals surface area contributed by atoms with Crippen LogP contribution in [0.4, 0.5) is 21.9 Å². The van der Waals surface area contributed by atoms with E-state index in [-0.39, 0.29) is 18.5 Å². The maximum atomic E-state index is 13.5. The average Bonchev–Trinajstić information content (AvgIpc) is 3.44. The fourth-order valence-electron chi connectivity index (χ4n) is 5.25. The Morgan fingerprint density at radius 1 is 0.973 bits per heavy atom. The van der Waals surface area contributed by atoms with Gasteiger partial charge < -0.3 is 15.5 Å². The van der Waals surface area contributed by atoms with E-state index in [1.54, 1.807) is 11.8 Å². The minimum atomic E-state index is -1.19. The molecule has 0 saturated carbocycles. The molecule has 0 aromatic heterocycles. The molecule has 1 unspecified atom stereocenters. The standard InChI is InChI=1S/C30H32N4O3/c1-20(2)34(26-16-14-25(15-17-26)31-24-10-5-4-6-11-24)27(35)19-33-28(36)30(3,32-29(33)37)23-13-12-21-8-7-9-22(21)18-23/h4-6,10-18,20,31H,7-9,19H2,1-3H3,(H,32,37). The molecular formula is C30H32N4O3. The summed E-state index contributed by atoms with van der Waals surface area (Å²) in [4.78, 5) is 42.5. The number of anilines is 3. The Hall–Kier alpha value is -4.13. The molecule has 1 aliphatic carbocycles. The Kier molecular flexibility index (Phi) is 6.46. The molecule has 1 fully saturated rings. The van der Waals surface area contributed by atoms with Crippen LogP contribution in [0.1, 0.15) is 43.9 Å². The number of hydrogen-bond donors (Lipinski definition) is 2. The Balaban J connectivity index is 1.32. The number of nitrogens with zero attached hydrogens (tertiary/aromatic N) is 2. The van der Waals surface area contributed by atoms with Gasteiger partial charge in [-0.1, -0.05) is 36.4 Å². The second-order valence-corrected chi connectivity index (χ2v) is 10.2. The highest BCUT2D eigenvalue weighted by Gasteiger charge is 2.50. The van der Waals surface area contributed by atoms with E-state index in [9.17, 15) is 14.4 Å². The second-order valence-electron chi connectivity index (χ2n) is 10.2. The Morgan fingerprint density at radius 2 is 1.65 bits per heavy atom. The van der Waals surface area contributed by atoms with Gasteiger partial charge in [0.25, 0.3) is 5.91 Å². The predicted octanol–water partition coefficient (Wildman–Crippen LogP) is 5.13. The fourth-order valence-corrected chi connectivity index (χ4v) is 5.25. The van der Waals surface area contributed by atoms with Crippen molar-refractivity contribution in [2.45, 2.75) is 51.6 Å². The highest BCUT2D eigenvalue weighted by Crippen LogP contribution is 2.33. The number of benzene rings is 3. The molecule has 3 aromatic carbocycles. The summed E-state index contributed by atoms with van der Waals surface area (Å²) >= 11 is 0. The summed E-state index contributed by atoms with van der Waals surface area (Å²) in [6.45, 7) is 5.21. The van der Waals surface area contributed by atoms with Gasteiger partial charge in [-0.05, 0) is 93.1 Å². The van der Waals surface area contributed by atoms with Gasteiger partial charge in [0.2, 0.25) is 5.91 Å². The van der Waals surface area contributed by atoms with Crippen molar-refractivity contribution in [1.29, 1.82) is 0 Å². The minimum Gasteiger partial charge on any atom is -0.356 e. The van der Waals surface area contributed by atoms with Crippen molar-refractivity contribution in [2.75, 3.05) is 16.8 Å². The van der Waals surface area contributed by atoms with Crippen LogP contribution in [0.3, 0.4) is 0 Å². The summed E-state index contributed by atoms with van der Waals surface area (Å²) in [5.41, 5.74) is 4.65. The van der Waals surface area contributed by atoms with E-state index in [0.29, 0.717) is 5.69 Å². The molecule has 2 N–H and O–H groups in total. The van der Waals surface area contributed by atoms with Gasteiger partial charge in [0.1, 0.15) is 12.1 Å². The lowest BCUT2D eigenvalue weighted by molar-refractivity contribution is -0.134. The topological polar surface area (TPSA) is 81.8 Å². The summed E-state index contributed by atoms with van der Waals surface area (Å²) in [6, 6.07) is 22.7. The smallest absolute Gasteiger partial charge is 0.325 e. The molecule has 37 heavy (non-hydrogen) atoms. The first-order valence-electron chi connectivity index (χ1n) is 12.8. The van der Waals surface area contributed by atoms with Crippen molar-refractivity contribution < 1.29 is 14.4 Å². The molecule has 2 aliphatic rings. The summed E-state index contributed by atoms with van der Waals surface area (Å²) in [7, 11) is 0. The maximum absolute atomic E-state index is 13.5. The van der Waals surface area contributed by atoms with Gasteiger partial charge in [-0.3, -0.25) is 14.5 Å². The van der Waals surface area contributed by atoms with Gasteiger partial charge in [-0.15, -0.1) is 0 Å². The molecule has 190 valence electrons. The van der Waals surface area contributed by atoms with Crippen LogP contribution in [0, 0.1) is 0 Å². The number of carbonyl (C=O) groups excluding carboxylic acids is 3. The van der Waals surface area contributed by atoms with E-state index in [1.807, 2.05) is 86.6 Å². The van der Waals surface area contributed by atoms with E-state index >= 15 is 0 Å². The number of para-hydroxylation sites is 1. The van der Waals surface area contributed by atoms with Crippen LogP contribution in [0.5, 0.6) is 0 Å². The second kappa shape index (κ2) is 9.73. The summed E-state index contributed by atoms with van der Waals surface area (Å²) in [6.07, 6.45) is 3.12. The van der Waals surface area contributed by atoms with E-state index < -0.39 is 17.5 Å². The van der Waals surface area contributed by atoms with E-state index in [4.69, 9.17) is 0 Å². The molecule has 7 heteroatoms. The van der Waals surface area contributed by atoms with Crippen molar-refractivity contribution in [3.05, 3.63) is 89.5 Å². The third-order valence-electron chi connectivity index (χ3n) is 7.24. The number of fused-ring (bicyclic) bond motifs is 1. The highest BCUT2D eigenvalue weighted by atomic mass is 16.2. The molecule has 1 heterocycles. The molecular weight excluding hydrogens is 464 g/mol. The molecule has 1 saturated heterocycles. The Bertz CT molecular complexity index is 1340. The molecule has 5 rings (SSSR count). The number of hydrogen-bond acceptors (Lipinski definition) is 4. The molecule has 1 aliphatic heterocycles. The summed E-state index contributed by atoms with van der Waals surface area (Å²) in [5, 5.41) is 6.17. The van der Waals surface area contributed by atoms with E-state index in [2.05, 4.69) is 10.6 Å². The van der Waals surface area contributed by atoms with Gasteiger partial charge in [-0.2, -0.15) is 0 Å². The van der Waals surface area contributed by atoms with Crippen molar-refractivity contribution in [3.63, 3.8) is 0 Å². The van der Waals surface area contributed by atoms with Gasteiger partial charge in [-0.25, -0.2) is 4.79 Å². The lowest BCUT2D eigenvalue weighted by Crippen LogP contribution is -2.46. The summed E-state index contributed by atoms with van der Waals surface area (Å²) < 4.78 is 0. The van der Waals surface area contributed by atoms with Crippen molar-refractivity contribution >= 4 is 34.9 Å². The maximum Gasteiger partial charge on any atom is 0.325 e. The van der Waals surface area contributed by atoms with Crippen LogP contribution in [0.15, 0.2) is 72.8 Å². The largest absolute Gasteiger partial charge is 0.356 e. The van der Waals surface area contributed by atoms with Gasteiger partial charge >= 0.3 is 6.03 Å². The van der Waals surface area contributed by atoms with Crippen LogP contribution in [-0.2, 0) is 28.0 Å². The number of urea groups is 1. The Morgan fingerprint density at radius 3 is 2.35 bits per heavy atom. The normalized spacial score (nSPS) is 18.6. The minimum absolute atomic E-state index is 0.163. The molecule has 0 bridgehead atoms. The molecule has 1 atom stereocenters. The number of nitrogens with one attached hydrogen (secondary N) is 2. The van der Waals surface area contributed by atoms with Crippen LogP contribution in [0.25, 0.3) is 0 Å². The van der Waals surface area contributed by atoms with Crippen molar-refractivity contribution in [2.24, 2.45) is 0 Å². The third kappa shape index (κ3) is 4.69. The van der Waals surface area contributed by atoms with Gasteiger partial charge in [0, 0.05) is 23.1 Å². The molecule has 0 spiro atoms. The zero-order valence-corrected chi connectivity index (χ0v) is 21.5. The van der Waals surface area contributed by atoms with Gasteiger partial charge in [0.15, 0.2) is 0 Å². The van der Waals surface area contributed by atoms with E-state index in [1.165, 1.54) is 11.1 Å². The number of amides is 4. The zero-order valence-electron chi connectivity index (χ0n) is 21.5. The fraction of sp³-hybridized carbons (Fsp3) is 0.300. The third-order valence-corrected chi connectivity index (χ3v) is 7.24. The lowest BCUT2D eigenvalue weighted by atomic mass is 9.89. The summed E-state index contributed by atoms with van der Waals surface area (Å²) in [5.74, 6) is -0.726. The van der Waals surface area contributed by atoms with Crippen LogP contribution in [0.2, 0.25) is 0 Å². The van der Waals surface area contributed by atoms with Crippen molar-refractivity contribution in [1.82, 2.24) is 10.2 Å². The monoisotopic (exact) mass is 496 g/mol. The first-order chi connectivity index (χ1) is 17.8. The van der Waals surface area contributed by atoms with Gasteiger partial charge in [0.05, 0.1) is 0 Å². The number of carbonyl (C=O) groups is 3. The molecule has 3 aromatic rings. The van der Waals surface area contributed by atoms with Crippen LogP contribution < -0.4 is 15.5 Å². The zero-order chi connectivity index (χ0) is 26.2. The van der Waals surface area contributed by atoms with Crippen LogP contribution >= 0.6 is 0 Å². The molecule has 7 nitrogen and oxygen atoms in total. The molecule has 4 amide bonds. The quantitative estimate of drug-likeness (QED) is 0.445. The average molecular weight is 497 g/mol. The lowest BCUT2D eigenvalue weighted by Gasteiger charge is -2.29.